The molecule has 0 saturated carbocycles. The molecule has 1 fully saturated rings. The minimum absolute atomic E-state index is 0.146. The third kappa shape index (κ3) is 3.60. The van der Waals surface area contributed by atoms with Crippen LogP contribution in [0.15, 0.2) is 47.5 Å². The van der Waals surface area contributed by atoms with Gasteiger partial charge in [0.15, 0.2) is 5.17 Å². The number of nitrogens with zero attached hydrogens (tertiary/aromatic N) is 2. The van der Waals surface area contributed by atoms with E-state index in [4.69, 9.17) is 0 Å². The third-order valence-electron chi connectivity index (χ3n) is 4.79. The Bertz CT molecular complexity index is 869. The number of nitrogens with one attached hydrogen (secondary N) is 1. The molecule has 26 heavy (non-hydrogen) atoms. The summed E-state index contributed by atoms with van der Waals surface area (Å²) in [6.45, 7) is 1.90. The van der Waals surface area contributed by atoms with Crippen molar-refractivity contribution in [3.8, 4) is 0 Å². The molecule has 1 unspecified atom stereocenters. The SMILES string of the molecule is O=C(CC1SC(N2CCCCC2)=NC1=O)Nc1cccc2ccccc12. The van der Waals surface area contributed by atoms with Gasteiger partial charge in [0.25, 0.3) is 5.91 Å². The molecule has 2 amide bonds. The molecule has 2 aliphatic heterocycles. The van der Waals surface area contributed by atoms with Gasteiger partial charge in [-0.2, -0.15) is 4.99 Å². The number of anilines is 1. The van der Waals surface area contributed by atoms with E-state index in [9.17, 15) is 9.59 Å². The average Bonchev–Trinajstić information content (AvgIpc) is 3.03. The van der Waals surface area contributed by atoms with Crippen LogP contribution in [0.2, 0.25) is 0 Å². The average molecular weight is 367 g/mol. The molecule has 1 saturated heterocycles. The third-order valence-corrected chi connectivity index (χ3v) is 6.00. The Morgan fingerprint density at radius 1 is 1.12 bits per heavy atom. The minimum atomic E-state index is -0.415. The first-order valence-electron chi connectivity index (χ1n) is 9.02. The normalized spacial score (nSPS) is 20.3. The van der Waals surface area contributed by atoms with E-state index >= 15 is 0 Å². The second-order valence-corrected chi connectivity index (χ2v) is 7.84. The van der Waals surface area contributed by atoms with E-state index in [1.165, 1.54) is 18.2 Å². The molecule has 0 aromatic heterocycles. The highest BCUT2D eigenvalue weighted by atomic mass is 32.2. The number of piperidine rings is 1. The molecule has 1 N–H and O–H groups in total. The fraction of sp³-hybridized carbons (Fsp3) is 0.350. The molecule has 2 aliphatic rings. The molecule has 2 aromatic rings. The van der Waals surface area contributed by atoms with Crippen molar-refractivity contribution in [1.29, 1.82) is 0 Å². The Morgan fingerprint density at radius 3 is 2.73 bits per heavy atom. The van der Waals surface area contributed by atoms with Gasteiger partial charge in [-0.15, -0.1) is 0 Å². The lowest BCUT2D eigenvalue weighted by Crippen LogP contribution is -2.33. The van der Waals surface area contributed by atoms with Crippen LogP contribution < -0.4 is 5.32 Å². The smallest absolute Gasteiger partial charge is 0.262 e. The molecule has 2 aromatic carbocycles. The number of carbonyl (C=O) groups is 2. The Morgan fingerprint density at radius 2 is 1.88 bits per heavy atom. The summed E-state index contributed by atoms with van der Waals surface area (Å²) in [6.07, 6.45) is 3.66. The predicted molar refractivity (Wildman–Crippen MR) is 106 cm³/mol. The lowest BCUT2D eigenvalue weighted by Gasteiger charge is -2.27. The monoisotopic (exact) mass is 367 g/mol. The Hall–Kier alpha value is -2.34. The van der Waals surface area contributed by atoms with Crippen molar-refractivity contribution in [2.45, 2.75) is 30.9 Å². The standard InChI is InChI=1S/C20H21N3O2S/c24-18(21-16-10-6-8-14-7-2-3-9-15(14)16)13-17-19(25)22-20(26-17)23-11-4-1-5-12-23/h2-3,6-10,17H,1,4-5,11-13H2,(H,21,24). The van der Waals surface area contributed by atoms with Gasteiger partial charge in [0, 0.05) is 30.6 Å². The summed E-state index contributed by atoms with van der Waals surface area (Å²) >= 11 is 1.43. The van der Waals surface area contributed by atoms with Crippen molar-refractivity contribution < 1.29 is 9.59 Å². The highest BCUT2D eigenvalue weighted by molar-refractivity contribution is 8.15. The van der Waals surface area contributed by atoms with E-state index in [0.717, 1.165) is 47.6 Å². The molecular formula is C20H21N3O2S. The van der Waals surface area contributed by atoms with Gasteiger partial charge in [0.2, 0.25) is 5.91 Å². The number of hydrogen-bond acceptors (Lipinski definition) is 4. The second kappa shape index (κ2) is 7.50. The lowest BCUT2D eigenvalue weighted by molar-refractivity contribution is -0.121. The number of fused-ring (bicyclic) bond motifs is 1. The first-order chi connectivity index (χ1) is 12.7. The van der Waals surface area contributed by atoms with Crippen molar-refractivity contribution in [2.24, 2.45) is 4.99 Å². The molecule has 5 nitrogen and oxygen atoms in total. The summed E-state index contributed by atoms with van der Waals surface area (Å²) in [5.41, 5.74) is 0.778. The predicted octanol–water partition coefficient (Wildman–Crippen LogP) is 3.65. The largest absolute Gasteiger partial charge is 0.351 e. The zero-order valence-corrected chi connectivity index (χ0v) is 15.3. The highest BCUT2D eigenvalue weighted by Gasteiger charge is 2.33. The number of thioether (sulfide) groups is 1. The van der Waals surface area contributed by atoms with Crippen molar-refractivity contribution in [2.75, 3.05) is 18.4 Å². The maximum Gasteiger partial charge on any atom is 0.262 e. The molecule has 0 spiro atoms. The zero-order valence-electron chi connectivity index (χ0n) is 14.5. The number of benzene rings is 2. The van der Waals surface area contributed by atoms with Crippen molar-refractivity contribution in [1.82, 2.24) is 4.90 Å². The van der Waals surface area contributed by atoms with Gasteiger partial charge in [0.05, 0.1) is 0 Å². The first kappa shape index (κ1) is 17.1. The van der Waals surface area contributed by atoms with Gasteiger partial charge in [-0.05, 0) is 30.7 Å². The van der Waals surface area contributed by atoms with Gasteiger partial charge in [0.1, 0.15) is 5.25 Å². The Labute approximate surface area is 156 Å². The Kier molecular flexibility index (Phi) is 4.93. The van der Waals surface area contributed by atoms with E-state index in [2.05, 4.69) is 15.2 Å². The summed E-state index contributed by atoms with van der Waals surface area (Å²) in [5.74, 6) is -0.342. The molecule has 0 aliphatic carbocycles. The van der Waals surface area contributed by atoms with Gasteiger partial charge in [-0.3, -0.25) is 9.59 Å². The first-order valence-corrected chi connectivity index (χ1v) is 9.90. The van der Waals surface area contributed by atoms with Crippen LogP contribution in [0.25, 0.3) is 10.8 Å². The highest BCUT2D eigenvalue weighted by Crippen LogP contribution is 2.29. The van der Waals surface area contributed by atoms with Crippen molar-refractivity contribution in [3.05, 3.63) is 42.5 Å². The summed E-state index contributed by atoms with van der Waals surface area (Å²) < 4.78 is 0. The van der Waals surface area contributed by atoms with Crippen LogP contribution in [0.3, 0.4) is 0 Å². The molecule has 0 radical (unpaired) electrons. The van der Waals surface area contributed by atoms with Gasteiger partial charge in [-0.1, -0.05) is 48.2 Å². The second-order valence-electron chi connectivity index (χ2n) is 6.67. The summed E-state index contributed by atoms with van der Waals surface area (Å²) in [6, 6.07) is 13.7. The van der Waals surface area contributed by atoms with Crippen LogP contribution in [0.1, 0.15) is 25.7 Å². The number of aliphatic imine (C=N–C) groups is 1. The fourth-order valence-electron chi connectivity index (χ4n) is 3.43. The molecule has 6 heteroatoms. The molecule has 0 bridgehead atoms. The van der Waals surface area contributed by atoms with Crippen LogP contribution in [0.4, 0.5) is 5.69 Å². The quantitative estimate of drug-likeness (QED) is 0.899. The van der Waals surface area contributed by atoms with E-state index < -0.39 is 5.25 Å². The van der Waals surface area contributed by atoms with E-state index in [0.29, 0.717) is 0 Å². The molecule has 1 atom stereocenters. The number of rotatable bonds is 3. The van der Waals surface area contributed by atoms with Crippen molar-refractivity contribution >= 4 is 45.2 Å². The van der Waals surface area contributed by atoms with Crippen LogP contribution in [0, 0.1) is 0 Å². The number of amides is 2. The molecule has 134 valence electrons. The minimum Gasteiger partial charge on any atom is -0.351 e. The van der Waals surface area contributed by atoms with E-state index in [1.807, 2.05) is 42.5 Å². The number of likely N-dealkylation sites (tertiary alicyclic amines) is 1. The number of amidine groups is 1. The van der Waals surface area contributed by atoms with Gasteiger partial charge >= 0.3 is 0 Å². The number of hydrogen-bond donors (Lipinski definition) is 1. The summed E-state index contributed by atoms with van der Waals surface area (Å²) in [7, 11) is 0. The maximum atomic E-state index is 12.5. The zero-order chi connectivity index (χ0) is 17.9. The molecule has 2 heterocycles. The Balaban J connectivity index is 1.40. The molecule has 4 rings (SSSR count). The molecular weight excluding hydrogens is 346 g/mol. The fourth-order valence-corrected chi connectivity index (χ4v) is 4.55. The van der Waals surface area contributed by atoms with Crippen molar-refractivity contribution in [3.63, 3.8) is 0 Å². The topological polar surface area (TPSA) is 61.8 Å². The van der Waals surface area contributed by atoms with E-state index in [-0.39, 0.29) is 18.2 Å². The van der Waals surface area contributed by atoms with Gasteiger partial charge in [-0.25, -0.2) is 0 Å². The van der Waals surface area contributed by atoms with Crippen LogP contribution in [0.5, 0.6) is 0 Å². The number of carbonyl (C=O) groups excluding carboxylic acids is 2. The van der Waals surface area contributed by atoms with E-state index in [1.54, 1.807) is 0 Å². The van der Waals surface area contributed by atoms with Crippen LogP contribution >= 0.6 is 11.8 Å². The van der Waals surface area contributed by atoms with Gasteiger partial charge < -0.3 is 10.2 Å². The maximum absolute atomic E-state index is 12.5. The summed E-state index contributed by atoms with van der Waals surface area (Å²) in [5, 5.41) is 5.41. The lowest BCUT2D eigenvalue weighted by atomic mass is 10.1. The van der Waals surface area contributed by atoms with Crippen LogP contribution in [-0.2, 0) is 9.59 Å². The van der Waals surface area contributed by atoms with Crippen LogP contribution in [-0.4, -0.2) is 40.2 Å². The summed E-state index contributed by atoms with van der Waals surface area (Å²) in [4.78, 5) is 31.1.